The molecule has 232 valence electrons. The number of fused-ring (bicyclic) bond motifs is 1. The largest absolute Gasteiger partial charge is 0.497 e. The summed E-state index contributed by atoms with van der Waals surface area (Å²) in [4.78, 5) is 30.0. The van der Waals surface area contributed by atoms with Crippen LogP contribution in [0.1, 0.15) is 37.2 Å². The number of nitrogens with one attached hydrogen (secondary N) is 1. The molecule has 1 aliphatic carbocycles. The van der Waals surface area contributed by atoms with Crippen LogP contribution in [0, 0.1) is 5.92 Å². The van der Waals surface area contributed by atoms with Gasteiger partial charge in [0.15, 0.2) is 5.75 Å². The highest BCUT2D eigenvalue weighted by molar-refractivity contribution is 6.03. The van der Waals surface area contributed by atoms with E-state index >= 15 is 0 Å². The predicted octanol–water partition coefficient (Wildman–Crippen LogP) is 5.61. The Morgan fingerprint density at radius 1 is 1.05 bits per heavy atom. The maximum absolute atomic E-state index is 14.5. The third-order valence-corrected chi connectivity index (χ3v) is 8.66. The van der Waals surface area contributed by atoms with E-state index in [2.05, 4.69) is 23.5 Å². The van der Waals surface area contributed by atoms with Gasteiger partial charge in [0.1, 0.15) is 5.75 Å². The molecule has 0 aromatic heterocycles. The lowest BCUT2D eigenvalue weighted by Gasteiger charge is -2.37. The first-order chi connectivity index (χ1) is 21.3. The molecule has 1 N–H and O–H groups in total. The lowest BCUT2D eigenvalue weighted by molar-refractivity contribution is -0.192. The number of hydrogen-bond acceptors (Lipinski definition) is 6. The van der Waals surface area contributed by atoms with E-state index in [0.717, 1.165) is 53.1 Å². The van der Waals surface area contributed by atoms with Crippen LogP contribution in [-0.2, 0) is 14.3 Å². The molecule has 0 radical (unpaired) electrons. The second-order valence-corrected chi connectivity index (χ2v) is 11.6. The van der Waals surface area contributed by atoms with Crippen molar-refractivity contribution in [2.45, 2.75) is 43.8 Å². The number of ether oxygens (including phenoxy) is 3. The zero-order valence-corrected chi connectivity index (χ0v) is 24.9. The van der Waals surface area contributed by atoms with Gasteiger partial charge in [-0.1, -0.05) is 36.4 Å². The highest BCUT2D eigenvalue weighted by Gasteiger charge is 2.51. The normalized spacial score (nSPS) is 20.9. The van der Waals surface area contributed by atoms with Gasteiger partial charge in [0.05, 0.1) is 18.7 Å². The minimum Gasteiger partial charge on any atom is -0.497 e. The molecule has 8 nitrogen and oxygen atoms in total. The molecule has 2 fully saturated rings. The second-order valence-electron chi connectivity index (χ2n) is 11.6. The van der Waals surface area contributed by atoms with Gasteiger partial charge >= 0.3 is 12.0 Å². The van der Waals surface area contributed by atoms with Crippen molar-refractivity contribution in [3.8, 4) is 22.6 Å². The number of piperidine rings is 1. The number of rotatable bonds is 10. The van der Waals surface area contributed by atoms with E-state index in [9.17, 15) is 18.4 Å². The van der Waals surface area contributed by atoms with Crippen molar-refractivity contribution in [2.24, 2.45) is 5.92 Å². The lowest BCUT2D eigenvalue weighted by Crippen LogP contribution is -2.51. The van der Waals surface area contributed by atoms with Crippen LogP contribution in [0.15, 0.2) is 66.7 Å². The molecule has 0 unspecified atom stereocenters. The van der Waals surface area contributed by atoms with E-state index < -0.39 is 12.0 Å². The number of hydrogen-bond donors (Lipinski definition) is 1. The minimum absolute atomic E-state index is 0.00466. The van der Waals surface area contributed by atoms with Gasteiger partial charge in [0.25, 0.3) is 0 Å². The molecule has 2 heterocycles. The summed E-state index contributed by atoms with van der Waals surface area (Å²) in [5, 5.41) is 3.41. The van der Waals surface area contributed by atoms with Crippen molar-refractivity contribution in [3.63, 3.8) is 0 Å². The van der Waals surface area contributed by atoms with Gasteiger partial charge in [-0.05, 0) is 85.2 Å². The third kappa shape index (κ3) is 6.01. The Morgan fingerprint density at radius 2 is 1.84 bits per heavy atom. The summed E-state index contributed by atoms with van der Waals surface area (Å²) in [7, 11) is 3.16. The van der Waals surface area contributed by atoms with E-state index in [-0.39, 0.29) is 41.8 Å². The molecule has 1 saturated heterocycles. The van der Waals surface area contributed by atoms with Crippen molar-refractivity contribution in [2.75, 3.05) is 50.3 Å². The molecule has 2 aliphatic heterocycles. The summed E-state index contributed by atoms with van der Waals surface area (Å²) >= 11 is 0. The first kappa shape index (κ1) is 30.0. The number of halogens is 2. The SMILES string of the molecule is COCCCN1C(=O)C(F)(F)Oc2ccc(N(C(=O)[C@H]3CNCC[C@@H]3c3cccc(-c4ccc(OC)cc4)c3)C3CC3)cc21. The van der Waals surface area contributed by atoms with Crippen LogP contribution < -0.4 is 24.6 Å². The van der Waals surface area contributed by atoms with Gasteiger partial charge in [-0.25, -0.2) is 0 Å². The Balaban J connectivity index is 1.30. The standard InChI is InChI=1S/C34H37F2N3O5/c1-42-18-4-17-38-30-20-26(11-14-31(30)44-34(35,36)33(38)41)39(25-9-10-25)32(40)29-21-37-16-15-28(29)24-6-3-5-23(19-24)22-7-12-27(43-2)13-8-22/h3,5-8,11-14,19-20,25,28-29,37H,4,9-10,15-18,21H2,1-2H3/t28-,29+/m1/s1. The Morgan fingerprint density at radius 3 is 2.57 bits per heavy atom. The summed E-state index contributed by atoms with van der Waals surface area (Å²) in [6.45, 7) is 1.68. The lowest BCUT2D eigenvalue weighted by atomic mass is 9.79. The maximum Gasteiger partial charge on any atom is 0.482 e. The molecule has 10 heteroatoms. The van der Waals surface area contributed by atoms with Crippen LogP contribution >= 0.6 is 0 Å². The molecular formula is C34H37F2N3O5. The highest BCUT2D eigenvalue weighted by atomic mass is 19.3. The molecule has 3 aromatic carbocycles. The van der Waals surface area contributed by atoms with E-state index in [0.29, 0.717) is 25.3 Å². The number of carbonyl (C=O) groups is 2. The van der Waals surface area contributed by atoms with Gasteiger partial charge in [-0.2, -0.15) is 8.78 Å². The van der Waals surface area contributed by atoms with Crippen molar-refractivity contribution in [3.05, 3.63) is 72.3 Å². The fourth-order valence-electron chi connectivity index (χ4n) is 6.27. The summed E-state index contributed by atoms with van der Waals surface area (Å²) in [5.41, 5.74) is 4.04. The molecule has 2 atom stereocenters. The predicted molar refractivity (Wildman–Crippen MR) is 164 cm³/mol. The van der Waals surface area contributed by atoms with Gasteiger partial charge in [0.2, 0.25) is 5.91 Å². The van der Waals surface area contributed by atoms with Crippen LogP contribution in [0.2, 0.25) is 0 Å². The van der Waals surface area contributed by atoms with E-state index in [1.165, 1.54) is 13.2 Å². The van der Waals surface area contributed by atoms with E-state index in [4.69, 9.17) is 14.2 Å². The smallest absolute Gasteiger partial charge is 0.482 e. The molecular weight excluding hydrogens is 568 g/mol. The van der Waals surface area contributed by atoms with Crippen LogP contribution in [0.3, 0.4) is 0 Å². The fourth-order valence-corrected chi connectivity index (χ4v) is 6.27. The Kier molecular flexibility index (Phi) is 8.55. The maximum atomic E-state index is 14.5. The summed E-state index contributed by atoms with van der Waals surface area (Å²) in [6.07, 6.45) is -1.08. The van der Waals surface area contributed by atoms with Gasteiger partial charge in [0, 0.05) is 38.5 Å². The molecule has 6 rings (SSSR count). The van der Waals surface area contributed by atoms with Crippen molar-refractivity contribution < 1.29 is 32.6 Å². The summed E-state index contributed by atoms with van der Waals surface area (Å²) in [6, 6.07) is 21.0. The van der Waals surface area contributed by atoms with Crippen molar-refractivity contribution >= 4 is 23.2 Å². The number of amides is 2. The van der Waals surface area contributed by atoms with Gasteiger partial charge < -0.3 is 29.3 Å². The number of benzene rings is 3. The van der Waals surface area contributed by atoms with E-state index in [1.807, 2.05) is 35.2 Å². The molecule has 3 aromatic rings. The molecule has 2 amide bonds. The quantitative estimate of drug-likeness (QED) is 0.303. The molecule has 44 heavy (non-hydrogen) atoms. The Bertz CT molecular complexity index is 1510. The van der Waals surface area contributed by atoms with E-state index in [1.54, 1.807) is 19.2 Å². The first-order valence-corrected chi connectivity index (χ1v) is 15.1. The second kappa shape index (κ2) is 12.5. The molecule has 0 spiro atoms. The van der Waals surface area contributed by atoms with Crippen LogP contribution in [0.5, 0.6) is 11.5 Å². The average molecular weight is 606 g/mol. The summed E-state index contributed by atoms with van der Waals surface area (Å²) in [5.74, 6) is -1.07. The fraction of sp³-hybridized carbons (Fsp3) is 0.412. The zero-order valence-electron chi connectivity index (χ0n) is 24.9. The minimum atomic E-state index is -3.96. The summed E-state index contributed by atoms with van der Waals surface area (Å²) < 4.78 is 44.1. The highest BCUT2D eigenvalue weighted by Crippen LogP contribution is 2.44. The Labute approximate surface area is 255 Å². The van der Waals surface area contributed by atoms with Crippen LogP contribution in [0.25, 0.3) is 11.1 Å². The number of nitrogens with zero attached hydrogens (tertiary/aromatic N) is 2. The first-order valence-electron chi connectivity index (χ1n) is 15.1. The monoisotopic (exact) mass is 605 g/mol. The van der Waals surface area contributed by atoms with Crippen LogP contribution in [0.4, 0.5) is 20.2 Å². The third-order valence-electron chi connectivity index (χ3n) is 8.66. The number of alkyl halides is 2. The molecule has 1 saturated carbocycles. The Hall–Kier alpha value is -4.02. The van der Waals surface area contributed by atoms with Crippen molar-refractivity contribution in [1.29, 1.82) is 0 Å². The molecule has 3 aliphatic rings. The van der Waals surface area contributed by atoms with Gasteiger partial charge in [-0.15, -0.1) is 0 Å². The number of carbonyl (C=O) groups excluding carboxylic acids is 2. The molecule has 0 bridgehead atoms. The average Bonchev–Trinajstić information content (AvgIpc) is 3.88. The topological polar surface area (TPSA) is 80.3 Å². The van der Waals surface area contributed by atoms with Gasteiger partial charge in [-0.3, -0.25) is 9.59 Å². The van der Waals surface area contributed by atoms with Crippen LogP contribution in [-0.4, -0.2) is 64.4 Å². The number of methoxy groups -OCH3 is 2. The van der Waals surface area contributed by atoms with Crippen molar-refractivity contribution in [1.82, 2.24) is 5.32 Å². The number of anilines is 2. The zero-order chi connectivity index (χ0) is 30.8.